The minimum atomic E-state index is -4.48. The van der Waals surface area contributed by atoms with Crippen molar-refractivity contribution in [1.82, 2.24) is 5.32 Å². The number of carbonyl (C=O) groups excluding carboxylic acids is 2. The number of anilines is 1. The van der Waals surface area contributed by atoms with Crippen LogP contribution in [0.1, 0.15) is 34.3 Å². The highest BCUT2D eigenvalue weighted by atomic mass is 35.5. The molecule has 0 saturated heterocycles. The third-order valence-corrected chi connectivity index (χ3v) is 4.26. The second kappa shape index (κ2) is 9.59. The Balaban J connectivity index is 1.90. The summed E-state index contributed by atoms with van der Waals surface area (Å²) in [7, 11) is 0. The van der Waals surface area contributed by atoms with Gasteiger partial charge in [-0.25, -0.2) is 0 Å². The van der Waals surface area contributed by atoms with Crippen LogP contribution in [-0.4, -0.2) is 24.5 Å². The molecule has 28 heavy (non-hydrogen) atoms. The topological polar surface area (TPSA) is 58.2 Å². The van der Waals surface area contributed by atoms with E-state index >= 15 is 0 Å². The van der Waals surface area contributed by atoms with Crippen molar-refractivity contribution in [1.29, 1.82) is 0 Å². The van der Waals surface area contributed by atoms with Gasteiger partial charge in [0, 0.05) is 22.7 Å². The molecule has 0 atom stereocenters. The van der Waals surface area contributed by atoms with E-state index in [-0.39, 0.29) is 17.9 Å². The van der Waals surface area contributed by atoms with Crippen LogP contribution in [0.2, 0.25) is 5.02 Å². The maximum atomic E-state index is 12.2. The van der Waals surface area contributed by atoms with Gasteiger partial charge < -0.3 is 10.6 Å². The summed E-state index contributed by atoms with van der Waals surface area (Å²) < 4.78 is 36.7. The van der Waals surface area contributed by atoms with Crippen LogP contribution in [0.4, 0.5) is 18.9 Å². The third kappa shape index (κ3) is 7.23. The Hall–Kier alpha value is -2.54. The zero-order chi connectivity index (χ0) is 20.7. The highest BCUT2D eigenvalue weighted by molar-refractivity contribution is 6.30. The molecule has 2 aromatic carbocycles. The van der Waals surface area contributed by atoms with Crippen molar-refractivity contribution >= 4 is 29.1 Å². The Morgan fingerprint density at radius 2 is 1.75 bits per heavy atom. The summed E-state index contributed by atoms with van der Waals surface area (Å²) in [5, 5.41) is 5.17. The minimum absolute atomic E-state index is 0.0475. The zero-order valence-corrected chi connectivity index (χ0v) is 16.0. The summed E-state index contributed by atoms with van der Waals surface area (Å²) in [5.41, 5.74) is 2.22. The normalized spacial score (nSPS) is 11.2. The van der Waals surface area contributed by atoms with Gasteiger partial charge in [0.15, 0.2) is 0 Å². The first-order valence-corrected chi connectivity index (χ1v) is 9.02. The lowest BCUT2D eigenvalue weighted by atomic mass is 10.1. The lowest BCUT2D eigenvalue weighted by Crippen LogP contribution is -2.33. The summed E-state index contributed by atoms with van der Waals surface area (Å²) in [4.78, 5) is 24.0. The highest BCUT2D eigenvalue weighted by Gasteiger charge is 2.28. The molecule has 0 heterocycles. The monoisotopic (exact) mass is 412 g/mol. The predicted octanol–water partition coefficient (Wildman–Crippen LogP) is 4.90. The summed E-state index contributed by atoms with van der Waals surface area (Å²) in [6.07, 6.45) is -2.88. The van der Waals surface area contributed by atoms with E-state index in [0.717, 1.165) is 5.56 Å². The van der Waals surface area contributed by atoms with E-state index in [1.807, 2.05) is 17.4 Å². The Bertz CT molecular complexity index is 836. The van der Waals surface area contributed by atoms with Crippen LogP contribution >= 0.6 is 11.6 Å². The quantitative estimate of drug-likeness (QED) is 0.679. The number of amides is 2. The number of rotatable bonds is 7. The molecule has 0 aromatic heterocycles. The highest BCUT2D eigenvalue weighted by Crippen LogP contribution is 2.19. The fraction of sp³-hybridized carbons (Fsp3) is 0.300. The Kier molecular flexibility index (Phi) is 7.45. The van der Waals surface area contributed by atoms with Gasteiger partial charge in [-0.2, -0.15) is 13.2 Å². The van der Waals surface area contributed by atoms with Gasteiger partial charge in [0.1, 0.15) is 6.54 Å². The lowest BCUT2D eigenvalue weighted by molar-refractivity contribution is -0.123. The summed E-state index contributed by atoms with van der Waals surface area (Å²) in [6.45, 7) is 0.326. The van der Waals surface area contributed by atoms with Gasteiger partial charge in [-0.15, -0.1) is 0 Å². The smallest absolute Gasteiger partial charge is 0.343 e. The SMILES string of the molecule is Cc1ccc(C(=O)NCC(F)(F)F)cc1NC(=O)CCCc1ccc(Cl)cc1. The van der Waals surface area contributed by atoms with Crippen molar-refractivity contribution in [2.75, 3.05) is 11.9 Å². The lowest BCUT2D eigenvalue weighted by Gasteiger charge is -2.12. The summed E-state index contributed by atoms with van der Waals surface area (Å²) >= 11 is 5.83. The van der Waals surface area contributed by atoms with Crippen molar-refractivity contribution in [3.8, 4) is 0 Å². The largest absolute Gasteiger partial charge is 0.405 e. The molecule has 0 bridgehead atoms. The van der Waals surface area contributed by atoms with Crippen LogP contribution in [0.25, 0.3) is 0 Å². The van der Waals surface area contributed by atoms with Gasteiger partial charge in [-0.05, 0) is 55.2 Å². The molecule has 0 aliphatic carbocycles. The number of aryl methyl sites for hydroxylation is 2. The molecular weight excluding hydrogens is 393 g/mol. The molecule has 0 saturated carbocycles. The summed E-state index contributed by atoms with van der Waals surface area (Å²) in [5.74, 6) is -1.08. The van der Waals surface area contributed by atoms with Crippen molar-refractivity contribution in [2.45, 2.75) is 32.4 Å². The number of alkyl halides is 3. The number of halogens is 4. The maximum absolute atomic E-state index is 12.2. The van der Waals surface area contributed by atoms with E-state index in [1.165, 1.54) is 12.1 Å². The molecule has 0 spiro atoms. The molecule has 0 radical (unpaired) electrons. The van der Waals surface area contributed by atoms with Crippen LogP contribution in [0.3, 0.4) is 0 Å². The summed E-state index contributed by atoms with van der Waals surface area (Å²) in [6, 6.07) is 11.7. The molecule has 2 aromatic rings. The Labute approximate surface area is 166 Å². The molecular formula is C20H20ClF3N2O2. The number of carbonyl (C=O) groups is 2. The molecule has 0 aliphatic heterocycles. The average molecular weight is 413 g/mol. The van der Waals surface area contributed by atoms with Crippen LogP contribution in [-0.2, 0) is 11.2 Å². The van der Waals surface area contributed by atoms with E-state index in [1.54, 1.807) is 25.1 Å². The maximum Gasteiger partial charge on any atom is 0.405 e. The first kappa shape index (κ1) is 21.8. The molecule has 2 amide bonds. The molecule has 0 fully saturated rings. The van der Waals surface area contributed by atoms with E-state index in [0.29, 0.717) is 29.1 Å². The van der Waals surface area contributed by atoms with Gasteiger partial charge >= 0.3 is 6.18 Å². The molecule has 0 unspecified atom stereocenters. The van der Waals surface area contributed by atoms with Gasteiger partial charge in [0.05, 0.1) is 0 Å². The van der Waals surface area contributed by atoms with Crippen LogP contribution < -0.4 is 10.6 Å². The predicted molar refractivity (Wildman–Crippen MR) is 103 cm³/mol. The van der Waals surface area contributed by atoms with Gasteiger partial charge in [-0.3, -0.25) is 9.59 Å². The van der Waals surface area contributed by atoms with Crippen molar-refractivity contribution in [2.24, 2.45) is 0 Å². The Morgan fingerprint density at radius 3 is 2.39 bits per heavy atom. The Morgan fingerprint density at radius 1 is 1.07 bits per heavy atom. The molecule has 0 aliphatic rings. The van der Waals surface area contributed by atoms with Gasteiger partial charge in [0.2, 0.25) is 5.91 Å². The van der Waals surface area contributed by atoms with E-state index in [9.17, 15) is 22.8 Å². The first-order valence-electron chi connectivity index (χ1n) is 8.64. The third-order valence-electron chi connectivity index (χ3n) is 4.01. The fourth-order valence-electron chi connectivity index (χ4n) is 2.50. The standard InChI is InChI=1S/C20H20ClF3N2O2/c1-13-5-8-15(19(28)25-12-20(22,23)24)11-17(13)26-18(27)4-2-3-14-6-9-16(21)10-7-14/h5-11H,2-4,12H2,1H3,(H,25,28)(H,26,27). The number of hydrogen-bond donors (Lipinski definition) is 2. The van der Waals surface area contributed by atoms with Gasteiger partial charge in [-0.1, -0.05) is 29.8 Å². The van der Waals surface area contributed by atoms with Crippen molar-refractivity contribution in [3.05, 3.63) is 64.2 Å². The van der Waals surface area contributed by atoms with Gasteiger partial charge in [0.25, 0.3) is 5.91 Å². The van der Waals surface area contributed by atoms with Crippen molar-refractivity contribution in [3.63, 3.8) is 0 Å². The minimum Gasteiger partial charge on any atom is -0.343 e. The first-order chi connectivity index (χ1) is 13.1. The van der Waals surface area contributed by atoms with Crippen molar-refractivity contribution < 1.29 is 22.8 Å². The number of nitrogens with one attached hydrogen (secondary N) is 2. The second-order valence-electron chi connectivity index (χ2n) is 6.36. The average Bonchev–Trinajstić information content (AvgIpc) is 2.62. The number of benzene rings is 2. The zero-order valence-electron chi connectivity index (χ0n) is 15.2. The number of hydrogen-bond acceptors (Lipinski definition) is 2. The molecule has 150 valence electrons. The van der Waals surface area contributed by atoms with Crippen LogP contribution in [0.15, 0.2) is 42.5 Å². The molecule has 8 heteroatoms. The van der Waals surface area contributed by atoms with Crippen LogP contribution in [0, 0.1) is 6.92 Å². The van der Waals surface area contributed by atoms with E-state index < -0.39 is 18.6 Å². The molecule has 2 rings (SSSR count). The fourth-order valence-corrected chi connectivity index (χ4v) is 2.62. The van der Waals surface area contributed by atoms with E-state index in [4.69, 9.17) is 11.6 Å². The molecule has 4 nitrogen and oxygen atoms in total. The second-order valence-corrected chi connectivity index (χ2v) is 6.79. The van der Waals surface area contributed by atoms with E-state index in [2.05, 4.69) is 5.32 Å². The van der Waals surface area contributed by atoms with Crippen LogP contribution in [0.5, 0.6) is 0 Å². The molecule has 2 N–H and O–H groups in total.